The monoisotopic (exact) mass is 1950 g/mol. The van der Waals surface area contributed by atoms with Crippen LogP contribution in [0.3, 0.4) is 0 Å². The van der Waals surface area contributed by atoms with Crippen molar-refractivity contribution in [1.29, 1.82) is 10.8 Å². The summed E-state index contributed by atoms with van der Waals surface area (Å²) in [5.74, 6) is -30.8. The molecule has 137 heavy (non-hydrogen) atoms. The fourth-order valence-corrected chi connectivity index (χ4v) is 13.3. The van der Waals surface area contributed by atoms with Gasteiger partial charge in [-0.05, 0) is 133 Å². The highest BCUT2D eigenvalue weighted by molar-refractivity contribution is 6.03. The Hall–Kier alpha value is -13.2. The predicted octanol–water partition coefficient (Wildman–Crippen LogP) is -8.32. The number of hydrogen-bond acceptors (Lipinski definition) is 27. The Morgan fingerprint density at radius 2 is 0.599 bits per heavy atom. The van der Waals surface area contributed by atoms with E-state index in [9.17, 15) is 131 Å². The number of aliphatic carboxylic acids is 4. The minimum absolute atomic E-state index is 0.0114. The molecular formula is C84H148N26O27. The normalized spacial score (nSPS) is 15.3. The molecule has 0 rings (SSSR count). The van der Waals surface area contributed by atoms with Gasteiger partial charge in [0.25, 0.3) is 0 Å². The molecule has 776 valence electrons. The number of amides is 18. The summed E-state index contributed by atoms with van der Waals surface area (Å²) >= 11 is 0. The topological polar surface area (TPSA) is 897 Å². The average Bonchev–Trinajstić information content (AvgIpc) is 1.49. The number of carbonyl (C=O) groups excluding carboxylic acids is 18. The maximum Gasteiger partial charge on any atom is 0.326 e. The smallest absolute Gasteiger partial charge is 0.326 e. The summed E-state index contributed by atoms with van der Waals surface area (Å²) in [6, 6.07) is -26.8. The molecule has 18 amide bonds. The van der Waals surface area contributed by atoms with Crippen molar-refractivity contribution in [3.8, 4) is 0 Å². The standard InChI is InChI=1S/C84H148N26O27/c1-15-42(11)64(108-67(121)44(13)86)80(134)100-48(23-20-30-94-84(91)92)70(124)104-55(35-58(88)113)77(131)106-56(36-62(119)120)78(132)99-49(24-26-60(115)116)71(125)98-50(25-27-61(117)118)72(126)103-53(33-40(7)8)75(129)105-54(34-57(87)112)76(130)97-47(21-17-18-28-85)69(123)102-52(32-39(5)6)74(128)101-51(31-38(3)4)68(122)95-37-59(114)96-46(22-19-29-93-83(89)90)73(127)107-63(41(9)10)79(133)110-66(45(14)111)81(135)109-65(82(136)137)43(12)16-2/h38-56,63-66,111H,15-37,85-86H2,1-14H3,(H2,87,112)(H2,88,113)(H,95,122)(H,96,114)(H,97,130)(H,98,125)(H,99,132)(H,100,134)(H,101,128)(H,102,123)(H,103,126)(H,104,124)(H,105,129)(H,106,131)(H,107,127)(H,108,121)(H,109,135)(H,110,133)(H,115,116)(H,117,118)(H,119,120)(H,136,137)(H4,89,90,93)(H4,91,92,94)/t42-,43-,44-,45+,46-,47-,48-,49-,50-,51-,52-,53-,54-,55-,56-,63-,64-,65-,66-/m0/s1. The van der Waals surface area contributed by atoms with E-state index in [0.29, 0.717) is 12.8 Å². The SMILES string of the molecule is CC[C@H](C)[C@H](NC(=O)[C@@H](NC(=O)[C@@H](NC(=O)[C@H](CCCNC(=N)N)NC(=O)CNC(=O)[C@H](CC(C)C)NC(=O)[C@H](CC(C)C)NC(=O)[C@H](CCCCN)NC(=O)[C@H](CC(N)=O)NC(=O)[C@H](CC(C)C)NC(=O)[C@H](CCC(=O)O)NC(=O)[C@H](CCC(=O)O)NC(=O)[C@H](CC(=O)O)NC(=O)[C@H](CC(N)=O)NC(=O)[C@H](CCCNC(=N)N)NC(=O)[C@@H](NC(=O)[C@H](C)N)[C@@H](C)CC)C(C)C)[C@@H](C)O)C(=O)O. The minimum Gasteiger partial charge on any atom is -0.481 e. The Bertz CT molecular complexity index is 4140. The molecule has 0 aromatic carbocycles. The zero-order chi connectivity index (χ0) is 105. The Morgan fingerprint density at radius 1 is 0.307 bits per heavy atom. The maximum absolute atomic E-state index is 14.6. The number of carbonyl (C=O) groups is 22. The zero-order valence-corrected chi connectivity index (χ0v) is 80.2. The number of hydrogen-bond donors (Lipinski definition) is 31. The van der Waals surface area contributed by atoms with E-state index in [1.165, 1.54) is 27.7 Å². The van der Waals surface area contributed by atoms with Gasteiger partial charge < -0.3 is 156 Å². The second-order valence-electron chi connectivity index (χ2n) is 35.2. The second kappa shape index (κ2) is 63.9. The van der Waals surface area contributed by atoms with Gasteiger partial charge in [0.05, 0.1) is 38.0 Å². The van der Waals surface area contributed by atoms with Crippen LogP contribution < -0.4 is 130 Å². The summed E-state index contributed by atoms with van der Waals surface area (Å²) in [7, 11) is 0. The molecule has 0 heterocycles. The largest absolute Gasteiger partial charge is 0.481 e. The van der Waals surface area contributed by atoms with Crippen LogP contribution in [0.2, 0.25) is 0 Å². The van der Waals surface area contributed by atoms with Gasteiger partial charge in [-0.1, -0.05) is 95.9 Å². The van der Waals surface area contributed by atoms with Crippen LogP contribution in [-0.2, 0) is 105 Å². The number of carboxylic acids is 4. The summed E-state index contributed by atoms with van der Waals surface area (Å²) in [5.41, 5.74) is 33.5. The maximum atomic E-state index is 14.6. The fourth-order valence-electron chi connectivity index (χ4n) is 13.3. The first kappa shape index (κ1) is 124. The van der Waals surface area contributed by atoms with Crippen LogP contribution in [0.25, 0.3) is 0 Å². The van der Waals surface area contributed by atoms with Crippen molar-refractivity contribution in [2.45, 2.75) is 322 Å². The van der Waals surface area contributed by atoms with Gasteiger partial charge in [0.1, 0.15) is 90.6 Å². The lowest BCUT2D eigenvalue weighted by Crippen LogP contribution is -2.61. The third-order valence-electron chi connectivity index (χ3n) is 21.2. The summed E-state index contributed by atoms with van der Waals surface area (Å²) in [4.78, 5) is 300. The lowest BCUT2D eigenvalue weighted by molar-refractivity contribution is -0.144. The number of aliphatic hydroxyl groups is 1. The summed E-state index contributed by atoms with van der Waals surface area (Å²) < 4.78 is 0. The molecule has 0 bridgehead atoms. The third kappa shape index (κ3) is 50.2. The van der Waals surface area contributed by atoms with Crippen molar-refractivity contribution in [3.63, 3.8) is 0 Å². The van der Waals surface area contributed by atoms with Gasteiger partial charge in [-0.15, -0.1) is 0 Å². The predicted molar refractivity (Wildman–Crippen MR) is 492 cm³/mol. The summed E-state index contributed by atoms with van der Waals surface area (Å²) in [6.45, 7) is 21.2. The van der Waals surface area contributed by atoms with E-state index in [1.807, 2.05) is 5.32 Å². The van der Waals surface area contributed by atoms with Gasteiger partial charge in [0.15, 0.2) is 11.9 Å². The Labute approximate surface area is 794 Å². The molecule has 0 aliphatic heterocycles. The van der Waals surface area contributed by atoms with Crippen molar-refractivity contribution in [2.75, 3.05) is 26.2 Å². The molecule has 0 aliphatic carbocycles. The Balaban J connectivity index is 7.39. The molecule has 0 aromatic heterocycles. The number of nitrogens with one attached hydrogen (secondary N) is 20. The number of guanidine groups is 2. The van der Waals surface area contributed by atoms with E-state index in [4.69, 9.17) is 45.2 Å². The van der Waals surface area contributed by atoms with Crippen molar-refractivity contribution in [1.82, 2.24) is 95.7 Å². The number of unbranched alkanes of at least 4 members (excludes halogenated alkanes) is 1. The van der Waals surface area contributed by atoms with Crippen LogP contribution in [0.15, 0.2) is 0 Å². The number of rotatable bonds is 69. The molecule has 0 aliphatic rings. The molecule has 0 aromatic rings. The molecule has 0 saturated carbocycles. The first-order chi connectivity index (χ1) is 63.8. The first-order valence-corrected chi connectivity index (χ1v) is 45.4. The van der Waals surface area contributed by atoms with E-state index in [1.54, 1.807) is 69.2 Å². The van der Waals surface area contributed by atoms with Crippen molar-refractivity contribution >= 4 is 142 Å². The highest BCUT2D eigenvalue weighted by Gasteiger charge is 2.42. The molecule has 0 fully saturated rings. The van der Waals surface area contributed by atoms with E-state index in [2.05, 4.69) is 90.4 Å². The number of carboxylic acid groups (broad SMARTS) is 4. The second-order valence-corrected chi connectivity index (χ2v) is 35.2. The lowest BCUT2D eigenvalue weighted by Gasteiger charge is -2.29. The van der Waals surface area contributed by atoms with E-state index >= 15 is 0 Å². The molecule has 0 saturated heterocycles. The molecule has 0 radical (unpaired) electrons. The van der Waals surface area contributed by atoms with Gasteiger partial charge in [0.2, 0.25) is 106 Å². The molecule has 53 heteroatoms. The van der Waals surface area contributed by atoms with E-state index in [0.717, 1.165) is 0 Å². The summed E-state index contributed by atoms with van der Waals surface area (Å²) in [5, 5.41) is 108. The van der Waals surface area contributed by atoms with Gasteiger partial charge in [-0.2, -0.15) is 0 Å². The minimum atomic E-state index is -2.29. The van der Waals surface area contributed by atoms with E-state index < -0.39 is 320 Å². The van der Waals surface area contributed by atoms with Crippen LogP contribution in [0.4, 0.5) is 0 Å². The highest BCUT2D eigenvalue weighted by Crippen LogP contribution is 2.18. The van der Waals surface area contributed by atoms with Crippen molar-refractivity contribution in [2.24, 2.45) is 69.9 Å². The van der Waals surface area contributed by atoms with Gasteiger partial charge in [-0.3, -0.25) is 112 Å². The molecule has 0 spiro atoms. The first-order valence-electron chi connectivity index (χ1n) is 45.4. The zero-order valence-electron chi connectivity index (χ0n) is 80.2. The summed E-state index contributed by atoms with van der Waals surface area (Å²) in [6.07, 6.45) is -8.69. The molecule has 37 N–H and O–H groups in total. The van der Waals surface area contributed by atoms with Gasteiger partial charge in [-0.25, -0.2) is 4.79 Å². The van der Waals surface area contributed by atoms with Crippen LogP contribution >= 0.6 is 0 Å². The van der Waals surface area contributed by atoms with Gasteiger partial charge in [0, 0.05) is 25.9 Å². The quantitative estimate of drug-likeness (QED) is 0.0153. The molecule has 0 unspecified atom stereocenters. The van der Waals surface area contributed by atoms with Gasteiger partial charge >= 0.3 is 23.9 Å². The molecular weight excluding hydrogens is 1810 g/mol. The van der Waals surface area contributed by atoms with Crippen LogP contribution in [-0.4, -0.2) is 297 Å². The van der Waals surface area contributed by atoms with Crippen LogP contribution in [0.5, 0.6) is 0 Å². The highest BCUT2D eigenvalue weighted by atomic mass is 16.4. The van der Waals surface area contributed by atoms with Crippen LogP contribution in [0.1, 0.15) is 219 Å². The Morgan fingerprint density at radius 3 is 0.934 bits per heavy atom. The number of primary amides is 2. The fraction of sp³-hybridized carbons (Fsp3) is 0.714. The molecule has 19 atom stereocenters. The van der Waals surface area contributed by atoms with E-state index in [-0.39, 0.29) is 95.7 Å². The number of nitrogens with two attached hydrogens (primary N) is 6. The van der Waals surface area contributed by atoms with Crippen molar-refractivity contribution in [3.05, 3.63) is 0 Å². The average molecular weight is 1950 g/mol. The van der Waals surface area contributed by atoms with Crippen LogP contribution in [0, 0.1) is 46.3 Å². The number of aliphatic hydroxyl groups excluding tert-OH is 1. The Kier molecular flexibility index (Phi) is 57.7. The third-order valence-corrected chi connectivity index (χ3v) is 21.2. The molecule has 53 nitrogen and oxygen atoms in total. The van der Waals surface area contributed by atoms with Crippen molar-refractivity contribution < 1.29 is 131 Å². The lowest BCUT2D eigenvalue weighted by atomic mass is 9.97.